The molecule has 16 heteroatoms. The number of likely N-dealkylation sites (N-methyl/N-ethyl adjacent to an activating group) is 1. The number of nitrogens with one attached hydrogen (secondary N) is 2. The van der Waals surface area contributed by atoms with E-state index >= 15 is 8.78 Å². The number of esters is 1. The number of halogens is 2. The maximum atomic E-state index is 15.4. The van der Waals surface area contributed by atoms with E-state index < -0.39 is 47.1 Å². The van der Waals surface area contributed by atoms with Gasteiger partial charge >= 0.3 is 5.97 Å². The van der Waals surface area contributed by atoms with Crippen LogP contribution in [-0.4, -0.2) is 114 Å². The molecule has 1 aromatic carbocycles. The highest BCUT2D eigenvalue weighted by molar-refractivity contribution is 7.10. The first-order valence-corrected chi connectivity index (χ1v) is 22.9. The molecule has 2 aliphatic carbocycles. The van der Waals surface area contributed by atoms with Crippen molar-refractivity contribution in [1.29, 1.82) is 0 Å². The number of aromatic nitrogens is 3. The standard InChI is InChI=1S/C46H58F2N8O5S/c1-9-55-35-11-10-27-16-29(35)31(41(55)30-17-28(20-49-39(30)26(4)60-8)54-14-12-53(7)13-15-54)19-45(5,6)23-61-44(59)40-38-32(46(38,47)48)21-56(52-40)43(58)33(18-36-50-34(27)22-62-36)51-42(57)37-24(2)25(37)3/h10-11,16-17,20,22,24-26,32-33,37-38,40,52H,9,12-15,18-19,21,23H2,1-8H3,(H,51,57). The molecule has 2 saturated carbocycles. The molecule has 7 unspecified atom stereocenters. The Morgan fingerprint density at radius 3 is 2.56 bits per heavy atom. The molecular formula is C46H58F2N8O5S. The number of anilines is 1. The average Bonchev–Trinajstić information content (AvgIpc) is 3.82. The Morgan fingerprint density at radius 2 is 1.87 bits per heavy atom. The second-order valence-electron chi connectivity index (χ2n) is 19.0. The number of rotatable bonds is 7. The highest BCUT2D eigenvalue weighted by Crippen LogP contribution is 2.59. The monoisotopic (exact) mass is 872 g/mol. The zero-order chi connectivity index (χ0) is 44.0. The quantitative estimate of drug-likeness (QED) is 0.215. The summed E-state index contributed by atoms with van der Waals surface area (Å²) in [4.78, 5) is 56.7. The van der Waals surface area contributed by atoms with Crippen LogP contribution >= 0.6 is 11.3 Å². The first-order valence-electron chi connectivity index (χ1n) is 22.0. The van der Waals surface area contributed by atoms with Crippen molar-refractivity contribution in [3.63, 3.8) is 0 Å². The van der Waals surface area contributed by atoms with E-state index in [1.165, 1.54) is 11.3 Å². The Labute approximate surface area is 365 Å². The van der Waals surface area contributed by atoms with Crippen molar-refractivity contribution in [3.8, 4) is 22.5 Å². The van der Waals surface area contributed by atoms with Gasteiger partial charge in [-0.05, 0) is 62.9 Å². The fourth-order valence-electron chi connectivity index (χ4n) is 10.1. The molecule has 2 saturated heterocycles. The van der Waals surface area contributed by atoms with E-state index in [2.05, 4.69) is 63.3 Å². The lowest BCUT2D eigenvalue weighted by molar-refractivity contribution is -0.156. The van der Waals surface area contributed by atoms with Crippen LogP contribution < -0.4 is 15.6 Å². The second kappa shape index (κ2) is 15.9. The van der Waals surface area contributed by atoms with Gasteiger partial charge in [0.15, 0.2) is 0 Å². The van der Waals surface area contributed by atoms with Gasteiger partial charge in [-0.15, -0.1) is 11.3 Å². The van der Waals surface area contributed by atoms with Gasteiger partial charge in [0.05, 0.1) is 58.5 Å². The molecule has 13 nitrogen and oxygen atoms in total. The number of benzene rings is 1. The third kappa shape index (κ3) is 7.57. The van der Waals surface area contributed by atoms with Crippen LogP contribution in [0.4, 0.5) is 14.5 Å². The fourth-order valence-corrected chi connectivity index (χ4v) is 10.9. The summed E-state index contributed by atoms with van der Waals surface area (Å²) in [6.45, 7) is 16.1. The van der Waals surface area contributed by atoms with Crippen molar-refractivity contribution in [2.24, 2.45) is 35.0 Å². The molecule has 2 N–H and O–H groups in total. The van der Waals surface area contributed by atoms with Crippen LogP contribution in [0, 0.1) is 35.0 Å². The molecule has 0 spiro atoms. The summed E-state index contributed by atoms with van der Waals surface area (Å²) >= 11 is 1.38. The topological polar surface area (TPSA) is 134 Å². The van der Waals surface area contributed by atoms with Crippen molar-refractivity contribution < 1.29 is 32.6 Å². The highest BCUT2D eigenvalue weighted by atomic mass is 32.1. The molecule has 5 aliphatic rings. The van der Waals surface area contributed by atoms with Crippen LogP contribution in [0.15, 0.2) is 35.8 Å². The molecule has 6 bridgehead atoms. The summed E-state index contributed by atoms with van der Waals surface area (Å²) in [5.41, 5.74) is 9.63. The van der Waals surface area contributed by atoms with Gasteiger partial charge in [0, 0.05) is 91.5 Å². The van der Waals surface area contributed by atoms with Crippen LogP contribution in [0.5, 0.6) is 0 Å². The van der Waals surface area contributed by atoms with Crippen molar-refractivity contribution >= 4 is 45.7 Å². The average molecular weight is 873 g/mol. The third-order valence-corrected chi connectivity index (χ3v) is 15.2. The number of hydrogen-bond donors (Lipinski definition) is 2. The van der Waals surface area contributed by atoms with Gasteiger partial charge in [0.2, 0.25) is 5.91 Å². The van der Waals surface area contributed by atoms with Crippen LogP contribution in [0.2, 0.25) is 0 Å². The van der Waals surface area contributed by atoms with E-state index in [0.29, 0.717) is 18.0 Å². The third-order valence-electron chi connectivity index (χ3n) is 14.3. The first-order chi connectivity index (χ1) is 29.5. The molecule has 0 radical (unpaired) electrons. The van der Waals surface area contributed by atoms with Crippen molar-refractivity contribution in [2.45, 2.75) is 85.0 Å². The maximum Gasteiger partial charge on any atom is 0.325 e. The van der Waals surface area contributed by atoms with Crippen molar-refractivity contribution in [3.05, 3.63) is 52.1 Å². The molecule has 7 atom stereocenters. The lowest BCUT2D eigenvalue weighted by atomic mass is 9.84. The lowest BCUT2D eigenvalue weighted by Gasteiger charge is -2.34. The molecule has 4 fully saturated rings. The van der Waals surface area contributed by atoms with E-state index in [9.17, 15) is 14.4 Å². The van der Waals surface area contributed by atoms with Gasteiger partial charge in [-0.25, -0.2) is 19.2 Å². The number of pyridine rings is 1. The zero-order valence-corrected chi connectivity index (χ0v) is 37.7. The molecule has 6 heterocycles. The Bertz CT molecular complexity index is 2400. The smallest absolute Gasteiger partial charge is 0.325 e. The number of aryl methyl sites for hydroxylation is 1. The molecule has 9 rings (SSSR count). The molecule has 2 amide bonds. The molecule has 332 valence electrons. The Balaban J connectivity index is 1.18. The SMILES string of the molecule is CCn1c(-c2cc(N3CCN(C)CC3)cnc2C(C)OC)c2c3cc(ccc31)-c1csc(n1)CC(NC(=O)C1C(C)C1C)C(=O)N1CC3C(C(N1)C(=O)OCC(C)(C)C2)C3(F)F. The Kier molecular flexibility index (Phi) is 11.0. The van der Waals surface area contributed by atoms with Crippen molar-refractivity contribution in [2.75, 3.05) is 58.4 Å². The summed E-state index contributed by atoms with van der Waals surface area (Å²) < 4.78 is 45.1. The number of amides is 2. The summed E-state index contributed by atoms with van der Waals surface area (Å²) in [5, 5.41) is 7.63. The lowest BCUT2D eigenvalue weighted by Crippen LogP contribution is -2.61. The summed E-state index contributed by atoms with van der Waals surface area (Å²) in [6, 6.07) is 6.04. The first kappa shape index (κ1) is 42.8. The van der Waals surface area contributed by atoms with E-state index in [4.69, 9.17) is 19.4 Å². The van der Waals surface area contributed by atoms with Crippen molar-refractivity contribution in [1.82, 2.24) is 35.2 Å². The number of carbonyl (C=O) groups is 3. The molecular weight excluding hydrogens is 815 g/mol. The Morgan fingerprint density at radius 1 is 1.13 bits per heavy atom. The summed E-state index contributed by atoms with van der Waals surface area (Å²) in [6.07, 6.45) is 2.15. The number of ether oxygens (including phenoxy) is 2. The molecule has 3 aromatic heterocycles. The van der Waals surface area contributed by atoms with Gasteiger partial charge in [0.25, 0.3) is 11.8 Å². The van der Waals surface area contributed by atoms with Gasteiger partial charge in [-0.1, -0.05) is 33.8 Å². The number of thiazole rings is 1. The number of fused-ring (bicyclic) bond motifs is 8. The second-order valence-corrected chi connectivity index (χ2v) is 20.0. The van der Waals surface area contributed by atoms with Gasteiger partial charge < -0.3 is 29.2 Å². The van der Waals surface area contributed by atoms with E-state index in [1.807, 2.05) is 46.2 Å². The van der Waals surface area contributed by atoms with E-state index in [-0.39, 0.29) is 49.3 Å². The van der Waals surface area contributed by atoms with Crippen LogP contribution in [-0.2, 0) is 43.2 Å². The number of methoxy groups -OCH3 is 1. The zero-order valence-electron chi connectivity index (χ0n) is 36.8. The van der Waals surface area contributed by atoms with Gasteiger partial charge in [-0.2, -0.15) is 0 Å². The minimum absolute atomic E-state index is 0.0532. The molecule has 62 heavy (non-hydrogen) atoms. The predicted molar refractivity (Wildman–Crippen MR) is 234 cm³/mol. The fraction of sp³-hybridized carbons (Fsp3) is 0.587. The molecule has 4 aromatic rings. The molecule has 3 aliphatic heterocycles. The number of piperazine rings is 1. The largest absolute Gasteiger partial charge is 0.464 e. The highest BCUT2D eigenvalue weighted by Gasteiger charge is 2.75. The number of hydrogen-bond acceptors (Lipinski definition) is 11. The summed E-state index contributed by atoms with van der Waals surface area (Å²) in [7, 11) is 3.82. The predicted octanol–water partition coefficient (Wildman–Crippen LogP) is 5.96. The number of cyclic esters (lactones) is 1. The minimum atomic E-state index is -3.17. The van der Waals surface area contributed by atoms with Crippen LogP contribution in [0.3, 0.4) is 0 Å². The van der Waals surface area contributed by atoms with Crippen LogP contribution in [0.1, 0.15) is 63.9 Å². The maximum absolute atomic E-state index is 15.4. The number of nitrogens with zero attached hydrogens (tertiary/aromatic N) is 6. The van der Waals surface area contributed by atoms with E-state index in [0.717, 1.165) is 81.6 Å². The van der Waals surface area contributed by atoms with Gasteiger partial charge in [-0.3, -0.25) is 24.4 Å². The normalized spacial score (nSPS) is 28.8. The minimum Gasteiger partial charge on any atom is -0.464 e. The van der Waals surface area contributed by atoms with Crippen LogP contribution in [0.25, 0.3) is 33.4 Å². The number of carbonyl (C=O) groups excluding carboxylic acids is 3. The summed E-state index contributed by atoms with van der Waals surface area (Å²) in [5.74, 6) is -7.32. The number of alkyl halides is 2. The van der Waals surface area contributed by atoms with E-state index in [1.54, 1.807) is 7.11 Å². The number of hydrazine groups is 1. The Hall–Kier alpha value is -4.51. The van der Waals surface area contributed by atoms with Gasteiger partial charge in [0.1, 0.15) is 12.1 Å².